The molecule has 6 heteroatoms. The number of benzene rings is 1. The summed E-state index contributed by atoms with van der Waals surface area (Å²) in [6.45, 7) is 3.40. The summed E-state index contributed by atoms with van der Waals surface area (Å²) in [6, 6.07) is 12.4. The molecule has 2 amide bonds. The van der Waals surface area contributed by atoms with E-state index in [4.69, 9.17) is 0 Å². The minimum atomic E-state index is -0.0304. The predicted octanol–water partition coefficient (Wildman–Crippen LogP) is 2.89. The molecule has 2 N–H and O–H groups in total. The van der Waals surface area contributed by atoms with Crippen molar-refractivity contribution in [3.63, 3.8) is 0 Å². The summed E-state index contributed by atoms with van der Waals surface area (Å²) in [4.78, 5) is 26.5. The Morgan fingerprint density at radius 2 is 2.04 bits per heavy atom. The molecular weight excluding hydrogens is 352 g/mol. The van der Waals surface area contributed by atoms with Gasteiger partial charge in [-0.15, -0.1) is 0 Å². The fourth-order valence-corrected chi connectivity index (χ4v) is 3.77. The van der Waals surface area contributed by atoms with Crippen molar-refractivity contribution in [1.29, 1.82) is 0 Å². The number of likely N-dealkylation sites (tertiary alicyclic amines) is 1. The lowest BCUT2D eigenvalue weighted by Crippen LogP contribution is -2.39. The molecule has 1 saturated heterocycles. The molecule has 1 aliphatic carbocycles. The van der Waals surface area contributed by atoms with Crippen LogP contribution in [0.25, 0.3) is 0 Å². The lowest BCUT2D eigenvalue weighted by molar-refractivity contribution is -0.122. The number of aromatic amines is 1. The quantitative estimate of drug-likeness (QED) is 0.775. The second-order valence-corrected chi connectivity index (χ2v) is 8.15. The first kappa shape index (κ1) is 18.7. The number of rotatable bonds is 7. The SMILES string of the molecule is CC(CCc1ccccc1)c1cc(C(=O)N2CCC(NC(=O)C3CC3)C2)[nH]n1. The van der Waals surface area contributed by atoms with Crippen LogP contribution in [-0.2, 0) is 11.2 Å². The largest absolute Gasteiger partial charge is 0.351 e. The van der Waals surface area contributed by atoms with E-state index in [-0.39, 0.29) is 29.7 Å². The normalized spacial score (nSPS) is 20.2. The van der Waals surface area contributed by atoms with E-state index in [1.54, 1.807) is 0 Å². The summed E-state index contributed by atoms with van der Waals surface area (Å²) >= 11 is 0. The fraction of sp³-hybridized carbons (Fsp3) is 0.500. The zero-order valence-electron chi connectivity index (χ0n) is 16.4. The van der Waals surface area contributed by atoms with Crippen molar-refractivity contribution in [2.45, 2.75) is 51.0 Å². The van der Waals surface area contributed by atoms with E-state index in [2.05, 4.69) is 46.7 Å². The van der Waals surface area contributed by atoms with E-state index in [0.717, 1.165) is 37.8 Å². The first-order valence-electron chi connectivity index (χ1n) is 10.3. The Labute approximate surface area is 165 Å². The third kappa shape index (κ3) is 4.43. The predicted molar refractivity (Wildman–Crippen MR) is 107 cm³/mol. The van der Waals surface area contributed by atoms with Crippen molar-refractivity contribution < 1.29 is 9.59 Å². The average molecular weight is 380 g/mol. The van der Waals surface area contributed by atoms with E-state index in [1.807, 2.05) is 17.0 Å². The molecule has 28 heavy (non-hydrogen) atoms. The highest BCUT2D eigenvalue weighted by Crippen LogP contribution is 2.29. The van der Waals surface area contributed by atoms with Gasteiger partial charge in [-0.2, -0.15) is 5.10 Å². The molecule has 1 saturated carbocycles. The topological polar surface area (TPSA) is 78.1 Å². The van der Waals surface area contributed by atoms with E-state index < -0.39 is 0 Å². The Kier molecular flexibility index (Phi) is 5.46. The summed E-state index contributed by atoms with van der Waals surface area (Å²) in [5, 5.41) is 10.4. The summed E-state index contributed by atoms with van der Waals surface area (Å²) in [5.41, 5.74) is 2.78. The Morgan fingerprint density at radius 1 is 1.25 bits per heavy atom. The van der Waals surface area contributed by atoms with Gasteiger partial charge in [-0.25, -0.2) is 0 Å². The van der Waals surface area contributed by atoms with Gasteiger partial charge in [-0.1, -0.05) is 37.3 Å². The van der Waals surface area contributed by atoms with Crippen LogP contribution in [0.3, 0.4) is 0 Å². The number of carbonyl (C=O) groups is 2. The van der Waals surface area contributed by atoms with E-state index in [9.17, 15) is 9.59 Å². The molecule has 2 aromatic rings. The first-order valence-corrected chi connectivity index (χ1v) is 10.3. The van der Waals surface area contributed by atoms with Gasteiger partial charge in [-0.3, -0.25) is 14.7 Å². The summed E-state index contributed by atoms with van der Waals surface area (Å²) in [7, 11) is 0. The maximum atomic E-state index is 12.8. The van der Waals surface area contributed by atoms with Gasteiger partial charge in [-0.05, 0) is 43.7 Å². The maximum absolute atomic E-state index is 12.8. The second kappa shape index (κ2) is 8.17. The van der Waals surface area contributed by atoms with Gasteiger partial charge >= 0.3 is 0 Å². The number of hydrogen-bond acceptors (Lipinski definition) is 3. The van der Waals surface area contributed by atoms with Crippen LogP contribution in [0, 0.1) is 5.92 Å². The van der Waals surface area contributed by atoms with Crippen LogP contribution < -0.4 is 5.32 Å². The van der Waals surface area contributed by atoms with Gasteiger partial charge in [0.05, 0.1) is 5.69 Å². The van der Waals surface area contributed by atoms with Crippen LogP contribution in [0.5, 0.6) is 0 Å². The molecule has 1 aromatic carbocycles. The smallest absolute Gasteiger partial charge is 0.271 e. The lowest BCUT2D eigenvalue weighted by Gasteiger charge is -2.16. The molecule has 2 aliphatic rings. The van der Waals surface area contributed by atoms with Crippen molar-refractivity contribution in [2.24, 2.45) is 5.92 Å². The average Bonchev–Trinajstić information content (AvgIpc) is 3.27. The van der Waals surface area contributed by atoms with Gasteiger partial charge in [0.15, 0.2) is 0 Å². The van der Waals surface area contributed by atoms with Crippen molar-refractivity contribution in [3.8, 4) is 0 Å². The third-order valence-corrected chi connectivity index (χ3v) is 5.81. The van der Waals surface area contributed by atoms with Crippen molar-refractivity contribution in [2.75, 3.05) is 13.1 Å². The number of hydrogen-bond donors (Lipinski definition) is 2. The molecule has 2 heterocycles. The van der Waals surface area contributed by atoms with Crippen LogP contribution >= 0.6 is 0 Å². The number of amides is 2. The van der Waals surface area contributed by atoms with Gasteiger partial charge in [0.25, 0.3) is 5.91 Å². The molecule has 0 radical (unpaired) electrons. The van der Waals surface area contributed by atoms with E-state index in [1.165, 1.54) is 5.56 Å². The molecule has 2 fully saturated rings. The number of aryl methyl sites for hydroxylation is 1. The second-order valence-electron chi connectivity index (χ2n) is 8.15. The monoisotopic (exact) mass is 380 g/mol. The highest BCUT2D eigenvalue weighted by Gasteiger charge is 2.34. The number of aromatic nitrogens is 2. The number of H-pyrrole nitrogens is 1. The number of nitrogens with zero attached hydrogens (tertiary/aromatic N) is 2. The first-order chi connectivity index (χ1) is 13.6. The molecular formula is C22H28N4O2. The highest BCUT2D eigenvalue weighted by atomic mass is 16.2. The minimum absolute atomic E-state index is 0.0304. The zero-order chi connectivity index (χ0) is 19.5. The van der Waals surface area contributed by atoms with Crippen LogP contribution in [0.2, 0.25) is 0 Å². The Morgan fingerprint density at radius 3 is 2.79 bits per heavy atom. The minimum Gasteiger partial charge on any atom is -0.351 e. The molecule has 4 rings (SSSR count). The molecule has 1 aliphatic heterocycles. The van der Waals surface area contributed by atoms with Gasteiger partial charge in [0, 0.05) is 31.0 Å². The van der Waals surface area contributed by atoms with Crippen LogP contribution in [0.15, 0.2) is 36.4 Å². The molecule has 2 unspecified atom stereocenters. The van der Waals surface area contributed by atoms with Gasteiger partial charge in [0.2, 0.25) is 5.91 Å². The summed E-state index contributed by atoms with van der Waals surface area (Å²) in [6.07, 6.45) is 4.80. The summed E-state index contributed by atoms with van der Waals surface area (Å²) < 4.78 is 0. The molecule has 6 nitrogen and oxygen atoms in total. The van der Waals surface area contributed by atoms with Crippen LogP contribution in [-0.4, -0.2) is 46.0 Å². The highest BCUT2D eigenvalue weighted by molar-refractivity contribution is 5.92. The van der Waals surface area contributed by atoms with E-state index >= 15 is 0 Å². The third-order valence-electron chi connectivity index (χ3n) is 5.81. The molecule has 0 bridgehead atoms. The van der Waals surface area contributed by atoms with Crippen LogP contribution in [0.4, 0.5) is 0 Å². The summed E-state index contributed by atoms with van der Waals surface area (Å²) in [5.74, 6) is 0.604. The van der Waals surface area contributed by atoms with Gasteiger partial charge in [0.1, 0.15) is 5.69 Å². The maximum Gasteiger partial charge on any atom is 0.271 e. The van der Waals surface area contributed by atoms with Crippen molar-refractivity contribution in [3.05, 3.63) is 53.3 Å². The fourth-order valence-electron chi connectivity index (χ4n) is 3.77. The molecule has 0 spiro atoms. The molecule has 1 aromatic heterocycles. The van der Waals surface area contributed by atoms with Gasteiger partial charge < -0.3 is 10.2 Å². The van der Waals surface area contributed by atoms with E-state index in [0.29, 0.717) is 18.8 Å². The Hall–Kier alpha value is -2.63. The van der Waals surface area contributed by atoms with Crippen molar-refractivity contribution in [1.82, 2.24) is 20.4 Å². The molecule has 148 valence electrons. The standard InChI is InChI=1S/C22H28N4O2/c1-15(7-8-16-5-3-2-4-6-16)19-13-20(25-24-19)22(28)26-12-11-18(14-26)23-21(27)17-9-10-17/h2-6,13,15,17-18H,7-12,14H2,1H3,(H,23,27)(H,24,25). The Bertz CT molecular complexity index is 828. The number of carbonyl (C=O) groups excluding carboxylic acids is 2. The zero-order valence-corrected chi connectivity index (χ0v) is 16.4. The van der Waals surface area contributed by atoms with Crippen LogP contribution in [0.1, 0.15) is 60.3 Å². The molecule has 2 atom stereocenters. The number of nitrogens with one attached hydrogen (secondary N) is 2. The lowest BCUT2D eigenvalue weighted by atomic mass is 9.98. The Balaban J connectivity index is 1.29. The van der Waals surface area contributed by atoms with Crippen molar-refractivity contribution >= 4 is 11.8 Å².